The number of nitrogens with one attached hydrogen (secondary N) is 1. The van der Waals surface area contributed by atoms with Crippen LogP contribution >= 0.6 is 11.6 Å². The number of hydrazine groups is 1. The second-order valence-electron chi connectivity index (χ2n) is 4.92. The highest BCUT2D eigenvalue weighted by atomic mass is 35.5. The van der Waals surface area contributed by atoms with E-state index in [1.54, 1.807) is 6.07 Å². The van der Waals surface area contributed by atoms with E-state index in [1.165, 1.54) is 5.01 Å². The van der Waals surface area contributed by atoms with Gasteiger partial charge in [-0.05, 0) is 44.5 Å². The molecule has 1 N–H and O–H groups in total. The summed E-state index contributed by atoms with van der Waals surface area (Å²) in [5, 5.41) is 2.08. The minimum absolute atomic E-state index is 0.404. The van der Waals surface area contributed by atoms with Gasteiger partial charge in [0.2, 0.25) is 0 Å². The van der Waals surface area contributed by atoms with Crippen molar-refractivity contribution >= 4 is 23.4 Å². The van der Waals surface area contributed by atoms with Crippen molar-refractivity contribution in [2.24, 2.45) is 0 Å². The van der Waals surface area contributed by atoms with Crippen LogP contribution in [0.25, 0.3) is 0 Å². The molecular weight excluding hydrogens is 240 g/mol. The van der Waals surface area contributed by atoms with E-state index in [0.717, 1.165) is 11.3 Å². The minimum Gasteiger partial charge on any atom is -0.442 e. The van der Waals surface area contributed by atoms with Crippen molar-refractivity contribution in [1.82, 2.24) is 5.43 Å². The first-order chi connectivity index (χ1) is 7.87. The van der Waals surface area contributed by atoms with E-state index in [1.807, 2.05) is 32.9 Å². The highest BCUT2D eigenvalue weighted by Crippen LogP contribution is 2.28. The van der Waals surface area contributed by atoms with Crippen molar-refractivity contribution < 1.29 is 9.53 Å². The number of rotatable bonds is 0. The molecule has 4 nitrogen and oxygen atoms in total. The summed E-state index contributed by atoms with van der Waals surface area (Å²) in [6, 6.07) is 5.40. The lowest BCUT2D eigenvalue weighted by atomic mass is 10.2. The lowest BCUT2D eigenvalue weighted by Crippen LogP contribution is -2.41. The molecule has 0 fully saturated rings. The smallest absolute Gasteiger partial charge is 0.429 e. The van der Waals surface area contributed by atoms with Crippen LogP contribution in [-0.2, 0) is 11.3 Å². The Labute approximate surface area is 105 Å². The third-order valence-electron chi connectivity index (χ3n) is 2.29. The van der Waals surface area contributed by atoms with Crippen molar-refractivity contribution in [3.63, 3.8) is 0 Å². The predicted molar refractivity (Wildman–Crippen MR) is 67.0 cm³/mol. The Morgan fingerprint density at radius 2 is 2.18 bits per heavy atom. The number of ether oxygens (including phenoxy) is 1. The molecule has 0 aliphatic carbocycles. The van der Waals surface area contributed by atoms with Gasteiger partial charge in [-0.15, -0.1) is 0 Å². The number of anilines is 1. The van der Waals surface area contributed by atoms with Gasteiger partial charge in [-0.1, -0.05) is 11.6 Å². The lowest BCUT2D eigenvalue weighted by molar-refractivity contribution is 0.0565. The van der Waals surface area contributed by atoms with E-state index < -0.39 is 11.7 Å². The zero-order valence-electron chi connectivity index (χ0n) is 10.1. The van der Waals surface area contributed by atoms with E-state index in [4.69, 9.17) is 16.3 Å². The molecule has 1 aliphatic rings. The highest BCUT2D eigenvalue weighted by Gasteiger charge is 2.28. The lowest BCUT2D eigenvalue weighted by Gasteiger charge is -2.24. The highest BCUT2D eigenvalue weighted by molar-refractivity contribution is 6.30. The summed E-state index contributed by atoms with van der Waals surface area (Å²) in [5.41, 5.74) is 4.25. The fourth-order valence-electron chi connectivity index (χ4n) is 1.63. The molecule has 0 unspecified atom stereocenters. The van der Waals surface area contributed by atoms with Crippen LogP contribution in [0.15, 0.2) is 18.2 Å². The fraction of sp³-hybridized carbons (Fsp3) is 0.417. The molecule has 1 aliphatic heterocycles. The maximum atomic E-state index is 11.9. The molecule has 0 saturated carbocycles. The monoisotopic (exact) mass is 254 g/mol. The first-order valence-corrected chi connectivity index (χ1v) is 5.80. The molecule has 0 aromatic heterocycles. The molecule has 0 atom stereocenters. The zero-order valence-corrected chi connectivity index (χ0v) is 10.8. The maximum absolute atomic E-state index is 11.9. The van der Waals surface area contributed by atoms with Crippen molar-refractivity contribution in [2.45, 2.75) is 32.9 Å². The Hall–Kier alpha value is -1.26. The summed E-state index contributed by atoms with van der Waals surface area (Å²) >= 11 is 5.89. The first-order valence-electron chi connectivity index (χ1n) is 5.42. The minimum atomic E-state index is -0.506. The van der Waals surface area contributed by atoms with Gasteiger partial charge >= 0.3 is 6.09 Å². The number of halogens is 1. The third-order valence-corrected chi connectivity index (χ3v) is 2.52. The van der Waals surface area contributed by atoms with Gasteiger partial charge in [-0.25, -0.2) is 15.2 Å². The summed E-state index contributed by atoms with van der Waals surface area (Å²) < 4.78 is 5.30. The van der Waals surface area contributed by atoms with Crippen molar-refractivity contribution in [2.75, 3.05) is 5.01 Å². The van der Waals surface area contributed by atoms with Gasteiger partial charge in [0.05, 0.1) is 5.69 Å². The van der Waals surface area contributed by atoms with Crippen LogP contribution in [0.3, 0.4) is 0 Å². The SMILES string of the molecule is CC(C)(C)OC(=O)N1NCc2cc(Cl)ccc21. The second kappa shape index (κ2) is 4.20. The Morgan fingerprint density at radius 3 is 2.82 bits per heavy atom. The summed E-state index contributed by atoms with van der Waals surface area (Å²) in [7, 11) is 0. The Morgan fingerprint density at radius 1 is 1.47 bits per heavy atom. The van der Waals surface area contributed by atoms with Crippen LogP contribution in [-0.4, -0.2) is 11.7 Å². The quantitative estimate of drug-likeness (QED) is 0.774. The molecule has 17 heavy (non-hydrogen) atoms. The second-order valence-corrected chi connectivity index (χ2v) is 5.36. The first kappa shape index (κ1) is 12.2. The van der Waals surface area contributed by atoms with Crippen LogP contribution in [0.2, 0.25) is 5.02 Å². The van der Waals surface area contributed by atoms with E-state index in [9.17, 15) is 4.79 Å². The number of nitrogens with zero attached hydrogens (tertiary/aromatic N) is 1. The van der Waals surface area contributed by atoms with Crippen molar-refractivity contribution in [3.8, 4) is 0 Å². The van der Waals surface area contributed by atoms with Crippen LogP contribution in [0, 0.1) is 0 Å². The maximum Gasteiger partial charge on any atom is 0.429 e. The number of carbonyl (C=O) groups excluding carboxylic acids is 1. The van der Waals surface area contributed by atoms with Gasteiger partial charge in [-0.3, -0.25) is 0 Å². The molecule has 1 heterocycles. The molecular formula is C12H15ClN2O2. The Bertz CT molecular complexity index is 454. The van der Waals surface area contributed by atoms with Crippen LogP contribution < -0.4 is 10.4 Å². The van der Waals surface area contributed by atoms with E-state index in [0.29, 0.717) is 11.6 Å². The van der Waals surface area contributed by atoms with Gasteiger partial charge < -0.3 is 4.74 Å². The zero-order chi connectivity index (χ0) is 12.6. The third kappa shape index (κ3) is 2.70. The van der Waals surface area contributed by atoms with Gasteiger partial charge in [0.1, 0.15) is 5.60 Å². The Kier molecular flexibility index (Phi) is 3.02. The molecule has 0 radical (unpaired) electrons. The van der Waals surface area contributed by atoms with E-state index in [-0.39, 0.29) is 0 Å². The summed E-state index contributed by atoms with van der Waals surface area (Å²) in [6.07, 6.45) is -0.404. The van der Waals surface area contributed by atoms with Gasteiger partial charge in [0.25, 0.3) is 0 Å². The number of fused-ring (bicyclic) bond motifs is 1. The van der Waals surface area contributed by atoms with Crippen LogP contribution in [0.1, 0.15) is 26.3 Å². The average Bonchev–Trinajstić information content (AvgIpc) is 2.57. The Balaban J connectivity index is 2.20. The fourth-order valence-corrected chi connectivity index (χ4v) is 1.83. The molecule has 0 spiro atoms. The van der Waals surface area contributed by atoms with E-state index in [2.05, 4.69) is 5.43 Å². The van der Waals surface area contributed by atoms with E-state index >= 15 is 0 Å². The molecule has 1 aromatic carbocycles. The number of benzene rings is 1. The summed E-state index contributed by atoms with van der Waals surface area (Å²) in [4.78, 5) is 11.9. The average molecular weight is 255 g/mol. The summed E-state index contributed by atoms with van der Waals surface area (Å²) in [6.45, 7) is 6.09. The molecule has 1 aromatic rings. The van der Waals surface area contributed by atoms with Crippen molar-refractivity contribution in [3.05, 3.63) is 28.8 Å². The molecule has 5 heteroatoms. The standard InChI is InChI=1S/C12H15ClN2O2/c1-12(2,3)17-11(16)15-10-5-4-9(13)6-8(10)7-14-15/h4-6,14H,7H2,1-3H3. The van der Waals surface area contributed by atoms with Crippen LogP contribution in [0.5, 0.6) is 0 Å². The van der Waals surface area contributed by atoms with Gasteiger partial charge in [0, 0.05) is 11.6 Å². The number of hydrogen-bond donors (Lipinski definition) is 1. The predicted octanol–water partition coefficient (Wildman–Crippen LogP) is 3.10. The molecule has 92 valence electrons. The van der Waals surface area contributed by atoms with Crippen LogP contribution in [0.4, 0.5) is 10.5 Å². The molecule has 2 rings (SSSR count). The molecule has 1 amide bonds. The summed E-state index contributed by atoms with van der Waals surface area (Å²) in [5.74, 6) is 0. The van der Waals surface area contributed by atoms with Crippen molar-refractivity contribution in [1.29, 1.82) is 0 Å². The number of hydrogen-bond acceptors (Lipinski definition) is 3. The largest absolute Gasteiger partial charge is 0.442 e. The number of amides is 1. The normalized spacial score (nSPS) is 14.7. The topological polar surface area (TPSA) is 41.6 Å². The number of carbonyl (C=O) groups is 1. The van der Waals surface area contributed by atoms with Gasteiger partial charge in [-0.2, -0.15) is 0 Å². The molecule has 0 saturated heterocycles. The van der Waals surface area contributed by atoms with Gasteiger partial charge in [0.15, 0.2) is 0 Å². The molecule has 0 bridgehead atoms.